The van der Waals surface area contributed by atoms with E-state index in [-0.39, 0.29) is 0 Å². The highest BCUT2D eigenvalue weighted by Gasteiger charge is 2.17. The second-order valence-corrected chi connectivity index (χ2v) is 5.87. The van der Waals surface area contributed by atoms with Crippen LogP contribution in [0.4, 0.5) is 17.1 Å². The van der Waals surface area contributed by atoms with Crippen LogP contribution in [-0.2, 0) is 0 Å². The molecule has 0 aliphatic heterocycles. The van der Waals surface area contributed by atoms with E-state index in [0.29, 0.717) is 5.92 Å². The predicted octanol–water partition coefficient (Wildman–Crippen LogP) is 6.67. The van der Waals surface area contributed by atoms with Gasteiger partial charge in [0.2, 0.25) is 0 Å². The second-order valence-electron chi connectivity index (χ2n) is 5.87. The van der Waals surface area contributed by atoms with Gasteiger partial charge in [-0.05, 0) is 48.2 Å². The van der Waals surface area contributed by atoms with Crippen molar-refractivity contribution in [2.45, 2.75) is 26.2 Å². The highest BCUT2D eigenvalue weighted by molar-refractivity contribution is 5.78. The van der Waals surface area contributed by atoms with E-state index < -0.39 is 0 Å². The van der Waals surface area contributed by atoms with Gasteiger partial charge in [0.1, 0.15) is 0 Å². The van der Waals surface area contributed by atoms with E-state index in [1.807, 2.05) is 0 Å². The molecule has 0 aromatic heterocycles. The molecule has 0 N–H and O–H groups in total. The summed E-state index contributed by atoms with van der Waals surface area (Å²) in [7, 11) is 0. The van der Waals surface area contributed by atoms with Crippen LogP contribution in [0.2, 0.25) is 0 Å². The summed E-state index contributed by atoms with van der Waals surface area (Å²) in [5.41, 5.74) is 5.03. The number of nitrogens with zero attached hydrogens (tertiary/aromatic N) is 1. The summed E-state index contributed by atoms with van der Waals surface area (Å²) in [5, 5.41) is 0. The Labute approximate surface area is 139 Å². The highest BCUT2D eigenvalue weighted by atomic mass is 15.1. The van der Waals surface area contributed by atoms with Crippen molar-refractivity contribution in [2.75, 3.05) is 4.90 Å². The van der Waals surface area contributed by atoms with Crippen LogP contribution in [0.15, 0.2) is 84.9 Å². The van der Waals surface area contributed by atoms with Crippen molar-refractivity contribution in [3.8, 4) is 0 Å². The fourth-order valence-electron chi connectivity index (χ4n) is 2.91. The van der Waals surface area contributed by atoms with Crippen molar-refractivity contribution in [3.05, 3.63) is 90.5 Å². The van der Waals surface area contributed by atoms with Gasteiger partial charge in [0.25, 0.3) is 0 Å². The third-order valence-electron chi connectivity index (χ3n) is 4.35. The van der Waals surface area contributed by atoms with E-state index in [0.717, 1.165) is 6.42 Å². The molecule has 0 amide bonds. The molecular formula is C22H23N. The van der Waals surface area contributed by atoms with Crippen molar-refractivity contribution in [2.24, 2.45) is 0 Å². The predicted molar refractivity (Wildman–Crippen MR) is 99.8 cm³/mol. The van der Waals surface area contributed by atoms with Crippen LogP contribution < -0.4 is 4.90 Å². The molecule has 0 saturated carbocycles. The van der Waals surface area contributed by atoms with Gasteiger partial charge < -0.3 is 4.90 Å². The monoisotopic (exact) mass is 301 g/mol. The minimum absolute atomic E-state index is 0.529. The molecule has 1 heteroatoms. The first-order chi connectivity index (χ1) is 11.3. The lowest BCUT2D eigenvalue weighted by Gasteiger charge is -2.29. The van der Waals surface area contributed by atoms with Crippen molar-refractivity contribution in [1.29, 1.82) is 0 Å². The number of rotatable bonds is 5. The average Bonchev–Trinajstić information content (AvgIpc) is 2.63. The van der Waals surface area contributed by atoms with Crippen molar-refractivity contribution in [3.63, 3.8) is 0 Å². The number of anilines is 3. The molecule has 23 heavy (non-hydrogen) atoms. The van der Waals surface area contributed by atoms with Crippen LogP contribution in [0.25, 0.3) is 0 Å². The van der Waals surface area contributed by atoms with Crippen molar-refractivity contribution in [1.82, 2.24) is 0 Å². The normalized spacial score (nSPS) is 11.9. The molecule has 3 aromatic rings. The van der Waals surface area contributed by atoms with Gasteiger partial charge >= 0.3 is 0 Å². The van der Waals surface area contributed by atoms with Crippen molar-refractivity contribution >= 4 is 17.1 Å². The highest BCUT2D eigenvalue weighted by Crippen LogP contribution is 2.39. The molecule has 1 unspecified atom stereocenters. The van der Waals surface area contributed by atoms with E-state index in [1.165, 1.54) is 22.6 Å². The number of benzene rings is 3. The fourth-order valence-corrected chi connectivity index (χ4v) is 2.91. The standard InChI is InChI=1S/C22H23N/c1-3-18(2)21-16-10-11-17-22(21)23(19-12-6-4-7-13-19)20-14-8-5-9-15-20/h4-18H,3H2,1-2H3. The Balaban J connectivity index is 2.18. The molecule has 3 rings (SSSR count). The first-order valence-corrected chi connectivity index (χ1v) is 8.30. The summed E-state index contributed by atoms with van der Waals surface area (Å²) in [5.74, 6) is 0.529. The Morgan fingerprint density at radius 3 is 1.70 bits per heavy atom. The van der Waals surface area contributed by atoms with E-state index in [1.54, 1.807) is 0 Å². The summed E-state index contributed by atoms with van der Waals surface area (Å²) in [4.78, 5) is 2.35. The number of hydrogen-bond acceptors (Lipinski definition) is 1. The maximum absolute atomic E-state index is 2.35. The largest absolute Gasteiger partial charge is 0.310 e. The Hall–Kier alpha value is -2.54. The maximum atomic E-state index is 2.35. The molecule has 0 fully saturated rings. The minimum Gasteiger partial charge on any atom is -0.310 e. The summed E-state index contributed by atoms with van der Waals surface area (Å²) >= 11 is 0. The van der Waals surface area contributed by atoms with E-state index >= 15 is 0 Å². The van der Waals surface area contributed by atoms with Crippen LogP contribution in [-0.4, -0.2) is 0 Å². The minimum atomic E-state index is 0.529. The molecule has 1 nitrogen and oxygen atoms in total. The molecule has 0 aliphatic carbocycles. The van der Waals surface area contributed by atoms with Crippen LogP contribution in [0.1, 0.15) is 31.7 Å². The lowest BCUT2D eigenvalue weighted by molar-refractivity contribution is 0.733. The van der Waals surface area contributed by atoms with Gasteiger partial charge in [-0.25, -0.2) is 0 Å². The lowest BCUT2D eigenvalue weighted by Crippen LogP contribution is -2.12. The molecule has 3 aromatic carbocycles. The number of hydrogen-bond donors (Lipinski definition) is 0. The van der Waals surface area contributed by atoms with Gasteiger partial charge in [-0.3, -0.25) is 0 Å². The average molecular weight is 301 g/mol. The third kappa shape index (κ3) is 3.29. The molecule has 0 spiro atoms. The Morgan fingerprint density at radius 1 is 0.696 bits per heavy atom. The molecule has 0 aliphatic rings. The van der Waals surface area contributed by atoms with E-state index in [4.69, 9.17) is 0 Å². The quantitative estimate of drug-likeness (QED) is 0.508. The fraction of sp³-hybridized carbons (Fsp3) is 0.182. The van der Waals surface area contributed by atoms with Gasteiger partial charge in [-0.1, -0.05) is 68.4 Å². The molecule has 0 heterocycles. The maximum Gasteiger partial charge on any atom is 0.0496 e. The SMILES string of the molecule is CCC(C)c1ccccc1N(c1ccccc1)c1ccccc1. The molecule has 116 valence electrons. The third-order valence-corrected chi connectivity index (χ3v) is 4.35. The van der Waals surface area contributed by atoms with Gasteiger partial charge in [-0.15, -0.1) is 0 Å². The summed E-state index contributed by atoms with van der Waals surface area (Å²) in [6.45, 7) is 4.55. The molecule has 0 bridgehead atoms. The molecular weight excluding hydrogens is 278 g/mol. The second kappa shape index (κ2) is 7.15. The van der Waals surface area contributed by atoms with Crippen LogP contribution in [0.3, 0.4) is 0 Å². The van der Waals surface area contributed by atoms with Crippen LogP contribution >= 0.6 is 0 Å². The summed E-state index contributed by atoms with van der Waals surface area (Å²) in [6.07, 6.45) is 1.13. The Kier molecular flexibility index (Phi) is 4.77. The van der Waals surface area contributed by atoms with E-state index in [9.17, 15) is 0 Å². The topological polar surface area (TPSA) is 3.24 Å². The summed E-state index contributed by atoms with van der Waals surface area (Å²) in [6, 6.07) is 29.9. The van der Waals surface area contributed by atoms with Crippen LogP contribution in [0, 0.1) is 0 Å². The zero-order valence-electron chi connectivity index (χ0n) is 13.8. The Bertz CT molecular complexity index is 695. The first-order valence-electron chi connectivity index (χ1n) is 8.30. The van der Waals surface area contributed by atoms with Crippen LogP contribution in [0.5, 0.6) is 0 Å². The smallest absolute Gasteiger partial charge is 0.0496 e. The summed E-state index contributed by atoms with van der Waals surface area (Å²) < 4.78 is 0. The Morgan fingerprint density at radius 2 is 1.17 bits per heavy atom. The molecule has 1 atom stereocenters. The lowest BCUT2D eigenvalue weighted by atomic mass is 9.95. The van der Waals surface area contributed by atoms with E-state index in [2.05, 4.69) is 104 Å². The van der Waals surface area contributed by atoms with Gasteiger partial charge in [0.15, 0.2) is 0 Å². The first kappa shape index (κ1) is 15.4. The van der Waals surface area contributed by atoms with Gasteiger partial charge in [-0.2, -0.15) is 0 Å². The molecule has 0 radical (unpaired) electrons. The number of para-hydroxylation sites is 3. The van der Waals surface area contributed by atoms with Gasteiger partial charge in [0, 0.05) is 17.1 Å². The van der Waals surface area contributed by atoms with Crippen molar-refractivity contribution < 1.29 is 0 Å². The zero-order chi connectivity index (χ0) is 16.1. The molecule has 0 saturated heterocycles. The zero-order valence-corrected chi connectivity index (χ0v) is 13.8. The van der Waals surface area contributed by atoms with Gasteiger partial charge in [0.05, 0.1) is 0 Å².